The molecule has 1 N–H and O–H groups in total. The maximum absolute atomic E-state index is 12.9. The van der Waals surface area contributed by atoms with Gasteiger partial charge in [-0.1, -0.05) is 60.7 Å². The minimum Gasteiger partial charge on any atom is -0.353 e. The van der Waals surface area contributed by atoms with Gasteiger partial charge < -0.3 is 10.2 Å². The second-order valence-electron chi connectivity index (χ2n) is 7.54. The molecule has 0 unspecified atom stereocenters. The summed E-state index contributed by atoms with van der Waals surface area (Å²) in [7, 11) is 0. The first-order chi connectivity index (χ1) is 13.0. The molecule has 27 heavy (non-hydrogen) atoms. The second kappa shape index (κ2) is 8.38. The van der Waals surface area contributed by atoms with Crippen LogP contribution >= 0.6 is 0 Å². The normalized spacial score (nSPS) is 17.2. The molecule has 1 fully saturated rings. The Hall–Kier alpha value is -2.62. The zero-order valence-corrected chi connectivity index (χ0v) is 16.2. The van der Waals surface area contributed by atoms with E-state index in [1.807, 2.05) is 24.0 Å². The number of benzene rings is 2. The summed E-state index contributed by atoms with van der Waals surface area (Å²) >= 11 is 0. The summed E-state index contributed by atoms with van der Waals surface area (Å²) in [5.41, 5.74) is 2.32. The lowest BCUT2D eigenvalue weighted by atomic mass is 9.69. The average Bonchev–Trinajstić information content (AvgIpc) is 2.68. The van der Waals surface area contributed by atoms with Crippen molar-refractivity contribution < 1.29 is 9.59 Å². The highest BCUT2D eigenvalue weighted by Gasteiger charge is 2.40. The average molecular weight is 364 g/mol. The molecule has 1 aliphatic rings. The van der Waals surface area contributed by atoms with E-state index in [1.165, 1.54) is 18.1 Å². The summed E-state index contributed by atoms with van der Waals surface area (Å²) in [6.07, 6.45) is 2.31. The van der Waals surface area contributed by atoms with Crippen LogP contribution in [-0.4, -0.2) is 35.8 Å². The predicted octanol–water partition coefficient (Wildman–Crippen LogP) is 3.51. The van der Waals surface area contributed by atoms with Gasteiger partial charge in [-0.25, -0.2) is 0 Å². The van der Waals surface area contributed by atoms with E-state index in [0.29, 0.717) is 13.0 Å². The van der Waals surface area contributed by atoms with E-state index < -0.39 is 0 Å². The van der Waals surface area contributed by atoms with Crippen LogP contribution in [0.1, 0.15) is 44.2 Å². The lowest BCUT2D eigenvalue weighted by Crippen LogP contribution is -2.50. The topological polar surface area (TPSA) is 49.4 Å². The van der Waals surface area contributed by atoms with E-state index in [2.05, 4.69) is 53.8 Å². The molecule has 2 amide bonds. The minimum absolute atomic E-state index is 0.100. The first kappa shape index (κ1) is 19.2. The number of piperidine rings is 1. The molecule has 4 heteroatoms. The van der Waals surface area contributed by atoms with Crippen LogP contribution < -0.4 is 5.32 Å². The fraction of sp³-hybridized carbons (Fsp3) is 0.391. The largest absolute Gasteiger partial charge is 0.353 e. The number of hydrogen-bond acceptors (Lipinski definition) is 2. The van der Waals surface area contributed by atoms with Gasteiger partial charge in [-0.3, -0.25) is 9.59 Å². The minimum atomic E-state index is -0.187. The Morgan fingerprint density at radius 1 is 1.04 bits per heavy atom. The van der Waals surface area contributed by atoms with Crippen LogP contribution in [0.25, 0.3) is 0 Å². The first-order valence-corrected chi connectivity index (χ1v) is 9.67. The Kier molecular flexibility index (Phi) is 5.94. The number of likely N-dealkylation sites (tertiary alicyclic amines) is 1. The molecule has 0 aliphatic carbocycles. The monoisotopic (exact) mass is 364 g/mol. The molecular formula is C23H28N2O2. The molecular weight excluding hydrogens is 336 g/mol. The van der Waals surface area contributed by atoms with Crippen LogP contribution in [0.5, 0.6) is 0 Å². The van der Waals surface area contributed by atoms with Crippen molar-refractivity contribution in [3.8, 4) is 0 Å². The molecule has 0 aromatic heterocycles. The summed E-state index contributed by atoms with van der Waals surface area (Å²) in [5.74, 6) is 0.00375. The highest BCUT2D eigenvalue weighted by Crippen LogP contribution is 2.40. The number of carbonyl (C=O) groups is 2. The maximum Gasteiger partial charge on any atom is 0.224 e. The van der Waals surface area contributed by atoms with E-state index in [0.717, 1.165) is 19.4 Å². The second-order valence-corrected chi connectivity index (χ2v) is 7.54. The summed E-state index contributed by atoms with van der Waals surface area (Å²) in [6, 6.07) is 20.9. The number of nitrogens with zero attached hydrogens (tertiary/aromatic N) is 1. The molecule has 4 nitrogen and oxygen atoms in total. The Morgan fingerprint density at radius 2 is 1.59 bits per heavy atom. The fourth-order valence-electron chi connectivity index (χ4n) is 4.21. The van der Waals surface area contributed by atoms with E-state index in [1.54, 1.807) is 0 Å². The van der Waals surface area contributed by atoms with Gasteiger partial charge in [0.1, 0.15) is 0 Å². The standard InChI is InChI=1S/C23H28N2O2/c1-18(24-19(2)26)16-22(27)25-15-9-14-23(17-25,20-10-5-3-6-11-20)21-12-7-4-8-13-21/h3-8,10-13,18H,9,14-17H2,1-2H3,(H,24,26)/t18-/m0/s1. The number of rotatable bonds is 5. The van der Waals surface area contributed by atoms with Gasteiger partial charge in [0.05, 0.1) is 0 Å². The van der Waals surface area contributed by atoms with Crippen molar-refractivity contribution in [3.05, 3.63) is 71.8 Å². The summed E-state index contributed by atoms with van der Waals surface area (Å²) in [6.45, 7) is 4.81. The van der Waals surface area contributed by atoms with Gasteiger partial charge >= 0.3 is 0 Å². The van der Waals surface area contributed by atoms with Crippen molar-refractivity contribution in [1.29, 1.82) is 0 Å². The molecule has 3 rings (SSSR count). The molecule has 0 spiro atoms. The molecule has 0 saturated carbocycles. The van der Waals surface area contributed by atoms with Gasteiger partial charge in [0.15, 0.2) is 0 Å². The van der Waals surface area contributed by atoms with Crippen LogP contribution in [0.3, 0.4) is 0 Å². The molecule has 1 atom stereocenters. The third-order valence-corrected chi connectivity index (χ3v) is 5.43. The number of nitrogens with one attached hydrogen (secondary N) is 1. The Morgan fingerprint density at radius 3 is 2.11 bits per heavy atom. The fourth-order valence-corrected chi connectivity index (χ4v) is 4.21. The van der Waals surface area contributed by atoms with Crippen LogP contribution in [0.4, 0.5) is 0 Å². The van der Waals surface area contributed by atoms with E-state index in [9.17, 15) is 9.59 Å². The van der Waals surface area contributed by atoms with Gasteiger partial charge in [0.25, 0.3) is 0 Å². The van der Waals surface area contributed by atoms with Crippen molar-refractivity contribution in [1.82, 2.24) is 10.2 Å². The van der Waals surface area contributed by atoms with Crippen LogP contribution in [0.2, 0.25) is 0 Å². The van der Waals surface area contributed by atoms with E-state index >= 15 is 0 Å². The molecule has 2 aromatic rings. The lowest BCUT2D eigenvalue weighted by Gasteiger charge is -2.44. The van der Waals surface area contributed by atoms with Crippen molar-refractivity contribution >= 4 is 11.8 Å². The Balaban J connectivity index is 1.87. The van der Waals surface area contributed by atoms with Crippen LogP contribution in [0.15, 0.2) is 60.7 Å². The quantitative estimate of drug-likeness (QED) is 0.883. The smallest absolute Gasteiger partial charge is 0.224 e. The summed E-state index contributed by atoms with van der Waals surface area (Å²) in [5, 5.41) is 2.81. The zero-order valence-electron chi connectivity index (χ0n) is 16.2. The van der Waals surface area contributed by atoms with Crippen molar-refractivity contribution in [2.24, 2.45) is 0 Å². The lowest BCUT2D eigenvalue weighted by molar-refractivity contribution is -0.133. The van der Waals surface area contributed by atoms with Gasteiger partial charge in [0, 0.05) is 37.9 Å². The maximum atomic E-state index is 12.9. The molecule has 0 bridgehead atoms. The molecule has 0 radical (unpaired) electrons. The molecule has 1 heterocycles. The number of hydrogen-bond donors (Lipinski definition) is 1. The van der Waals surface area contributed by atoms with Crippen molar-refractivity contribution in [2.45, 2.75) is 44.6 Å². The van der Waals surface area contributed by atoms with Crippen LogP contribution in [-0.2, 0) is 15.0 Å². The highest BCUT2D eigenvalue weighted by atomic mass is 16.2. The number of carbonyl (C=O) groups excluding carboxylic acids is 2. The third-order valence-electron chi connectivity index (χ3n) is 5.43. The number of amides is 2. The van der Waals surface area contributed by atoms with Crippen LogP contribution in [0, 0.1) is 0 Å². The molecule has 1 saturated heterocycles. The summed E-state index contributed by atoms with van der Waals surface area (Å²) < 4.78 is 0. The van der Waals surface area contributed by atoms with Gasteiger partial charge in [0.2, 0.25) is 11.8 Å². The third kappa shape index (κ3) is 4.38. The summed E-state index contributed by atoms with van der Waals surface area (Å²) in [4.78, 5) is 26.1. The predicted molar refractivity (Wildman–Crippen MR) is 107 cm³/mol. The zero-order chi connectivity index (χ0) is 19.3. The van der Waals surface area contributed by atoms with Gasteiger partial charge in [-0.2, -0.15) is 0 Å². The van der Waals surface area contributed by atoms with E-state index in [-0.39, 0.29) is 23.3 Å². The van der Waals surface area contributed by atoms with Crippen molar-refractivity contribution in [3.63, 3.8) is 0 Å². The van der Waals surface area contributed by atoms with Crippen molar-refractivity contribution in [2.75, 3.05) is 13.1 Å². The van der Waals surface area contributed by atoms with Gasteiger partial charge in [-0.15, -0.1) is 0 Å². The molecule has 142 valence electrons. The molecule has 2 aromatic carbocycles. The van der Waals surface area contributed by atoms with E-state index in [4.69, 9.17) is 0 Å². The Labute approximate surface area is 161 Å². The SMILES string of the molecule is CC(=O)N[C@@H](C)CC(=O)N1CCCC(c2ccccc2)(c2ccccc2)C1. The first-order valence-electron chi connectivity index (χ1n) is 9.67. The highest BCUT2D eigenvalue weighted by molar-refractivity contribution is 5.79. The van der Waals surface area contributed by atoms with Gasteiger partial charge in [-0.05, 0) is 30.9 Å². The Bertz CT molecular complexity index is 734. The molecule has 1 aliphatic heterocycles.